The summed E-state index contributed by atoms with van der Waals surface area (Å²) in [5.41, 5.74) is 0.668. The fourth-order valence-electron chi connectivity index (χ4n) is 1.75. The molecule has 1 N–H and O–H groups in total. The summed E-state index contributed by atoms with van der Waals surface area (Å²) in [5, 5.41) is 3.25. The fourth-order valence-corrected chi connectivity index (χ4v) is 2.38. The van der Waals surface area contributed by atoms with E-state index in [1.54, 1.807) is 0 Å². The maximum atomic E-state index is 11.9. The maximum absolute atomic E-state index is 11.9. The van der Waals surface area contributed by atoms with Crippen molar-refractivity contribution in [2.75, 3.05) is 0 Å². The Morgan fingerprint density at radius 1 is 1.26 bits per heavy atom. The van der Waals surface area contributed by atoms with E-state index in [9.17, 15) is 4.79 Å². The minimum Gasteiger partial charge on any atom is -0.459 e. The molecule has 0 radical (unpaired) electrons. The predicted molar refractivity (Wildman–Crippen MR) is 81.0 cm³/mol. The summed E-state index contributed by atoms with van der Waals surface area (Å²) in [6.07, 6.45) is 0. The Morgan fingerprint density at radius 2 is 1.84 bits per heavy atom. The summed E-state index contributed by atoms with van der Waals surface area (Å²) in [5.74, 6) is -0.230. The summed E-state index contributed by atoms with van der Waals surface area (Å²) in [6, 6.07) is 7.70. The molecule has 0 aromatic heterocycles. The molecule has 3 nitrogen and oxygen atoms in total. The van der Waals surface area contributed by atoms with Crippen molar-refractivity contribution in [3.63, 3.8) is 0 Å². The highest BCUT2D eigenvalue weighted by Gasteiger charge is 2.23. The van der Waals surface area contributed by atoms with Crippen LogP contribution < -0.4 is 5.32 Å². The standard InChI is InChI=1S/C15H22BrNO2/c1-10(12-8-6-7-9-13(12)16)17-11(2)14(18)19-15(3,4)5/h6-11,17H,1-5H3/t10-,11?/m1/s1. The molecule has 0 bridgehead atoms. The zero-order valence-corrected chi connectivity index (χ0v) is 13.7. The van der Waals surface area contributed by atoms with Crippen LogP contribution in [-0.4, -0.2) is 17.6 Å². The average Bonchev–Trinajstić information content (AvgIpc) is 2.27. The highest BCUT2D eigenvalue weighted by Crippen LogP contribution is 2.23. The molecule has 1 rings (SSSR count). The maximum Gasteiger partial charge on any atom is 0.323 e. The Kier molecular flexibility index (Phi) is 5.56. The van der Waals surface area contributed by atoms with Crippen molar-refractivity contribution in [3.05, 3.63) is 34.3 Å². The van der Waals surface area contributed by atoms with Gasteiger partial charge < -0.3 is 4.74 Å². The molecule has 4 heteroatoms. The van der Waals surface area contributed by atoms with E-state index >= 15 is 0 Å². The Balaban J connectivity index is 2.64. The van der Waals surface area contributed by atoms with Gasteiger partial charge in [0.05, 0.1) is 0 Å². The second-order valence-corrected chi connectivity index (χ2v) is 6.52. The molecule has 0 aliphatic heterocycles. The minimum atomic E-state index is -0.455. The van der Waals surface area contributed by atoms with Gasteiger partial charge in [0.1, 0.15) is 11.6 Å². The molecule has 0 saturated heterocycles. The summed E-state index contributed by atoms with van der Waals surface area (Å²) in [7, 11) is 0. The minimum absolute atomic E-state index is 0.0677. The van der Waals surface area contributed by atoms with E-state index in [4.69, 9.17) is 4.74 Å². The lowest BCUT2D eigenvalue weighted by Gasteiger charge is -2.25. The molecule has 106 valence electrons. The second kappa shape index (κ2) is 6.53. The van der Waals surface area contributed by atoms with Crippen LogP contribution in [0.5, 0.6) is 0 Å². The summed E-state index contributed by atoms with van der Waals surface area (Å²) >= 11 is 3.52. The van der Waals surface area contributed by atoms with Crippen LogP contribution in [0.1, 0.15) is 46.2 Å². The smallest absolute Gasteiger partial charge is 0.323 e. The third-order valence-corrected chi connectivity index (χ3v) is 3.35. The van der Waals surface area contributed by atoms with Crippen LogP contribution >= 0.6 is 15.9 Å². The first-order valence-electron chi connectivity index (χ1n) is 6.44. The number of ether oxygens (including phenoxy) is 1. The predicted octanol–water partition coefficient (Wildman–Crippen LogP) is 3.83. The number of carbonyl (C=O) groups excluding carboxylic acids is 1. The molecule has 1 aromatic carbocycles. The molecule has 0 fully saturated rings. The van der Waals surface area contributed by atoms with Gasteiger partial charge in [-0.25, -0.2) is 0 Å². The summed E-state index contributed by atoms with van der Waals surface area (Å²) in [6.45, 7) is 9.46. The van der Waals surface area contributed by atoms with Crippen molar-refractivity contribution in [2.45, 2.75) is 52.3 Å². The fraction of sp³-hybridized carbons (Fsp3) is 0.533. The molecule has 0 aliphatic carbocycles. The van der Waals surface area contributed by atoms with Crippen LogP contribution in [0.2, 0.25) is 0 Å². The Bertz CT molecular complexity index is 440. The lowest BCUT2D eigenvalue weighted by atomic mass is 10.1. The van der Waals surface area contributed by atoms with Gasteiger partial charge in [0, 0.05) is 10.5 Å². The van der Waals surface area contributed by atoms with E-state index in [0.29, 0.717) is 0 Å². The van der Waals surface area contributed by atoms with Gasteiger partial charge in [-0.2, -0.15) is 0 Å². The summed E-state index contributed by atoms with van der Waals surface area (Å²) < 4.78 is 6.39. The van der Waals surface area contributed by atoms with Gasteiger partial charge in [0.15, 0.2) is 0 Å². The topological polar surface area (TPSA) is 38.3 Å². The first-order chi connectivity index (χ1) is 8.70. The zero-order chi connectivity index (χ0) is 14.6. The van der Waals surface area contributed by atoms with Crippen molar-refractivity contribution in [3.8, 4) is 0 Å². The van der Waals surface area contributed by atoms with Crippen LogP contribution in [0.3, 0.4) is 0 Å². The van der Waals surface area contributed by atoms with Gasteiger partial charge in [0.25, 0.3) is 0 Å². The van der Waals surface area contributed by atoms with E-state index in [1.165, 1.54) is 0 Å². The van der Waals surface area contributed by atoms with E-state index in [2.05, 4.69) is 21.2 Å². The number of rotatable bonds is 4. The van der Waals surface area contributed by atoms with Crippen molar-refractivity contribution in [1.82, 2.24) is 5.32 Å². The molecule has 0 heterocycles. The Hall–Kier alpha value is -0.870. The average molecular weight is 328 g/mol. The molecule has 0 amide bonds. The quantitative estimate of drug-likeness (QED) is 0.854. The molecule has 0 spiro atoms. The molecule has 2 atom stereocenters. The van der Waals surface area contributed by atoms with Crippen LogP contribution in [0.25, 0.3) is 0 Å². The Morgan fingerprint density at radius 3 is 2.37 bits per heavy atom. The molecule has 19 heavy (non-hydrogen) atoms. The van der Waals surface area contributed by atoms with Crippen LogP contribution in [0.4, 0.5) is 0 Å². The van der Waals surface area contributed by atoms with Crippen molar-refractivity contribution in [1.29, 1.82) is 0 Å². The first-order valence-corrected chi connectivity index (χ1v) is 7.23. The monoisotopic (exact) mass is 327 g/mol. The number of nitrogens with one attached hydrogen (secondary N) is 1. The highest BCUT2D eigenvalue weighted by atomic mass is 79.9. The Labute approximate surface area is 123 Å². The van der Waals surface area contributed by atoms with Gasteiger partial charge in [0.2, 0.25) is 0 Å². The number of benzene rings is 1. The van der Waals surface area contributed by atoms with E-state index in [-0.39, 0.29) is 18.1 Å². The zero-order valence-electron chi connectivity index (χ0n) is 12.2. The van der Waals surface area contributed by atoms with E-state index < -0.39 is 5.60 Å². The number of carbonyl (C=O) groups is 1. The lowest BCUT2D eigenvalue weighted by Crippen LogP contribution is -2.40. The van der Waals surface area contributed by atoms with Gasteiger partial charge in [-0.05, 0) is 46.2 Å². The molecule has 0 aliphatic rings. The molecular weight excluding hydrogens is 306 g/mol. The highest BCUT2D eigenvalue weighted by molar-refractivity contribution is 9.10. The number of hydrogen-bond acceptors (Lipinski definition) is 3. The second-order valence-electron chi connectivity index (χ2n) is 5.67. The van der Waals surface area contributed by atoms with Crippen molar-refractivity contribution in [2.24, 2.45) is 0 Å². The third-order valence-electron chi connectivity index (χ3n) is 2.63. The van der Waals surface area contributed by atoms with Crippen molar-refractivity contribution >= 4 is 21.9 Å². The lowest BCUT2D eigenvalue weighted by molar-refractivity contribution is -0.157. The number of halogens is 1. The van der Waals surface area contributed by atoms with Gasteiger partial charge >= 0.3 is 5.97 Å². The largest absolute Gasteiger partial charge is 0.459 e. The molecular formula is C15H22BrNO2. The van der Waals surface area contributed by atoms with Gasteiger partial charge in [-0.1, -0.05) is 34.1 Å². The van der Waals surface area contributed by atoms with Crippen molar-refractivity contribution < 1.29 is 9.53 Å². The van der Waals surface area contributed by atoms with E-state index in [0.717, 1.165) is 10.0 Å². The number of hydrogen-bond donors (Lipinski definition) is 1. The van der Waals surface area contributed by atoms with Crippen LogP contribution in [0, 0.1) is 0 Å². The third kappa shape index (κ3) is 5.33. The molecule has 1 unspecified atom stereocenters. The van der Waals surface area contributed by atoms with Gasteiger partial charge in [-0.3, -0.25) is 10.1 Å². The van der Waals surface area contributed by atoms with E-state index in [1.807, 2.05) is 58.9 Å². The normalized spacial score (nSPS) is 14.8. The van der Waals surface area contributed by atoms with Crippen LogP contribution in [0.15, 0.2) is 28.7 Å². The van der Waals surface area contributed by atoms with Gasteiger partial charge in [-0.15, -0.1) is 0 Å². The molecule has 1 aromatic rings. The number of esters is 1. The molecule has 0 saturated carbocycles. The SMILES string of the molecule is CC(N[C@H](C)c1ccccc1Br)C(=O)OC(C)(C)C. The first kappa shape index (κ1) is 16.2. The van der Waals surface area contributed by atoms with Crippen LogP contribution in [-0.2, 0) is 9.53 Å². The summed E-state index contributed by atoms with van der Waals surface area (Å²) in [4.78, 5) is 11.9.